The highest BCUT2D eigenvalue weighted by atomic mass is 16.5. The molecule has 2 heterocycles. The molecular weight excluding hydrogens is 354 g/mol. The number of carbonyl (C=O) groups is 2. The number of likely N-dealkylation sites (tertiary alicyclic amines) is 1. The molecule has 1 amide bonds. The molecule has 0 atom stereocenters. The molecule has 0 radical (unpaired) electrons. The van der Waals surface area contributed by atoms with Gasteiger partial charge in [0.2, 0.25) is 5.91 Å². The van der Waals surface area contributed by atoms with Crippen LogP contribution in [0.5, 0.6) is 0 Å². The summed E-state index contributed by atoms with van der Waals surface area (Å²) in [6.07, 6.45) is 5.09. The minimum atomic E-state index is -0.378. The van der Waals surface area contributed by atoms with E-state index < -0.39 is 0 Å². The average molecular weight is 375 g/mol. The van der Waals surface area contributed by atoms with Crippen LogP contribution in [0.2, 0.25) is 0 Å². The Kier molecular flexibility index (Phi) is 5.19. The summed E-state index contributed by atoms with van der Waals surface area (Å²) in [5.74, 6) is -0.184. The van der Waals surface area contributed by atoms with E-state index in [2.05, 4.69) is 5.10 Å². The first-order valence-corrected chi connectivity index (χ1v) is 9.32. The van der Waals surface area contributed by atoms with Crippen molar-refractivity contribution >= 4 is 11.9 Å². The van der Waals surface area contributed by atoms with Crippen molar-refractivity contribution < 1.29 is 14.3 Å². The van der Waals surface area contributed by atoms with Crippen LogP contribution in [0, 0.1) is 0 Å². The zero-order valence-corrected chi connectivity index (χ0v) is 15.5. The number of nitrogens with zero attached hydrogens (tertiary/aromatic N) is 3. The molecule has 28 heavy (non-hydrogen) atoms. The first-order valence-electron chi connectivity index (χ1n) is 9.32. The summed E-state index contributed by atoms with van der Waals surface area (Å²) in [6.45, 7) is 1.56. The summed E-state index contributed by atoms with van der Waals surface area (Å²) in [4.78, 5) is 25.8. The van der Waals surface area contributed by atoms with E-state index in [0.29, 0.717) is 18.5 Å². The van der Waals surface area contributed by atoms with Crippen LogP contribution in [0.3, 0.4) is 0 Å². The molecule has 0 saturated carbocycles. The summed E-state index contributed by atoms with van der Waals surface area (Å²) in [7, 11) is 0. The van der Waals surface area contributed by atoms with Gasteiger partial charge < -0.3 is 9.64 Å². The molecule has 1 saturated heterocycles. The molecule has 0 N–H and O–H groups in total. The number of ether oxygens (including phenoxy) is 1. The average Bonchev–Trinajstić information content (AvgIpc) is 3.37. The lowest BCUT2D eigenvalue weighted by atomic mass is 10.1. The van der Waals surface area contributed by atoms with Crippen LogP contribution in [0.4, 0.5) is 0 Å². The van der Waals surface area contributed by atoms with Crippen molar-refractivity contribution in [1.82, 2.24) is 14.7 Å². The fourth-order valence-corrected chi connectivity index (χ4v) is 3.23. The molecule has 0 spiro atoms. The third kappa shape index (κ3) is 4.11. The molecule has 6 heteroatoms. The Morgan fingerprint density at radius 3 is 2.54 bits per heavy atom. The van der Waals surface area contributed by atoms with Gasteiger partial charge in [0, 0.05) is 31.3 Å². The molecule has 142 valence electrons. The standard InChI is InChI=1S/C22H21N3O3/c26-21-7-4-12-24(21)14-17-8-10-19(11-9-17)22(27)28-16-18-13-23-25(15-18)20-5-2-1-3-6-20/h1-3,5-6,8-11,13,15H,4,7,12,14,16H2. The van der Waals surface area contributed by atoms with Gasteiger partial charge in [-0.25, -0.2) is 9.48 Å². The number of hydrogen-bond donors (Lipinski definition) is 0. The predicted octanol–water partition coefficient (Wildman–Crippen LogP) is 3.35. The third-order valence-corrected chi connectivity index (χ3v) is 4.76. The van der Waals surface area contributed by atoms with E-state index in [1.165, 1.54) is 0 Å². The van der Waals surface area contributed by atoms with Crippen LogP contribution in [0.1, 0.15) is 34.3 Å². The van der Waals surface area contributed by atoms with Crippen molar-refractivity contribution in [3.63, 3.8) is 0 Å². The summed E-state index contributed by atoms with van der Waals surface area (Å²) in [5.41, 5.74) is 3.27. The smallest absolute Gasteiger partial charge is 0.338 e. The third-order valence-electron chi connectivity index (χ3n) is 4.76. The van der Waals surface area contributed by atoms with Crippen LogP contribution in [0.25, 0.3) is 5.69 Å². The number of benzene rings is 2. The number of rotatable bonds is 6. The van der Waals surface area contributed by atoms with Gasteiger partial charge in [-0.3, -0.25) is 4.79 Å². The van der Waals surface area contributed by atoms with E-state index in [-0.39, 0.29) is 18.5 Å². The van der Waals surface area contributed by atoms with E-state index >= 15 is 0 Å². The highest BCUT2D eigenvalue weighted by Crippen LogP contribution is 2.15. The zero-order chi connectivity index (χ0) is 19.3. The predicted molar refractivity (Wildman–Crippen MR) is 104 cm³/mol. The topological polar surface area (TPSA) is 64.4 Å². The quantitative estimate of drug-likeness (QED) is 0.620. The lowest BCUT2D eigenvalue weighted by Crippen LogP contribution is -2.23. The minimum absolute atomic E-state index is 0.162. The second-order valence-corrected chi connectivity index (χ2v) is 6.82. The maximum atomic E-state index is 12.3. The maximum Gasteiger partial charge on any atom is 0.338 e. The number of hydrogen-bond acceptors (Lipinski definition) is 4. The highest BCUT2D eigenvalue weighted by Gasteiger charge is 2.20. The fraction of sp³-hybridized carbons (Fsp3) is 0.227. The Morgan fingerprint density at radius 2 is 1.82 bits per heavy atom. The molecule has 1 aliphatic rings. The van der Waals surface area contributed by atoms with E-state index in [9.17, 15) is 9.59 Å². The lowest BCUT2D eigenvalue weighted by molar-refractivity contribution is -0.128. The van der Waals surface area contributed by atoms with Crippen molar-refractivity contribution in [3.05, 3.63) is 83.7 Å². The molecule has 6 nitrogen and oxygen atoms in total. The monoisotopic (exact) mass is 375 g/mol. The first-order chi connectivity index (χ1) is 13.7. The van der Waals surface area contributed by atoms with Crippen LogP contribution >= 0.6 is 0 Å². The van der Waals surface area contributed by atoms with Crippen molar-refractivity contribution in [2.45, 2.75) is 26.0 Å². The highest BCUT2D eigenvalue weighted by molar-refractivity contribution is 5.89. The number of amides is 1. The van der Waals surface area contributed by atoms with Gasteiger partial charge in [-0.05, 0) is 36.2 Å². The summed E-state index contributed by atoms with van der Waals surface area (Å²) < 4.78 is 7.14. The Bertz CT molecular complexity index is 964. The Labute approximate surface area is 163 Å². The van der Waals surface area contributed by atoms with Crippen LogP contribution in [0.15, 0.2) is 67.0 Å². The second-order valence-electron chi connectivity index (χ2n) is 6.82. The molecule has 0 unspecified atom stereocenters. The van der Waals surface area contributed by atoms with Crippen molar-refractivity contribution in [1.29, 1.82) is 0 Å². The molecule has 1 aliphatic heterocycles. The molecule has 1 fully saturated rings. The van der Waals surface area contributed by atoms with Crippen molar-refractivity contribution in [2.75, 3.05) is 6.54 Å². The number of aromatic nitrogens is 2. The number of para-hydroxylation sites is 1. The normalized spacial score (nSPS) is 13.7. The van der Waals surface area contributed by atoms with E-state index in [1.807, 2.05) is 53.6 Å². The summed E-state index contributed by atoms with van der Waals surface area (Å²) in [5, 5.41) is 4.30. The van der Waals surface area contributed by atoms with E-state index in [0.717, 1.165) is 29.8 Å². The first kappa shape index (κ1) is 18.0. The minimum Gasteiger partial charge on any atom is -0.457 e. The van der Waals surface area contributed by atoms with Gasteiger partial charge in [0.25, 0.3) is 0 Å². The van der Waals surface area contributed by atoms with Gasteiger partial charge in [0.15, 0.2) is 0 Å². The number of esters is 1. The fourth-order valence-electron chi connectivity index (χ4n) is 3.23. The molecule has 0 bridgehead atoms. The van der Waals surface area contributed by atoms with Gasteiger partial charge in [-0.15, -0.1) is 0 Å². The molecule has 0 aliphatic carbocycles. The Hall–Kier alpha value is -3.41. The van der Waals surface area contributed by atoms with E-state index in [1.54, 1.807) is 23.0 Å². The van der Waals surface area contributed by atoms with Gasteiger partial charge in [0.1, 0.15) is 6.61 Å². The summed E-state index contributed by atoms with van der Waals surface area (Å²) in [6, 6.07) is 17.0. The van der Waals surface area contributed by atoms with Gasteiger partial charge in [-0.2, -0.15) is 5.10 Å². The molecule has 4 rings (SSSR count). The van der Waals surface area contributed by atoms with Crippen molar-refractivity contribution in [3.8, 4) is 5.69 Å². The largest absolute Gasteiger partial charge is 0.457 e. The molecular formula is C22H21N3O3. The van der Waals surface area contributed by atoms with Gasteiger partial charge in [-0.1, -0.05) is 30.3 Å². The van der Waals surface area contributed by atoms with Crippen LogP contribution in [-0.4, -0.2) is 33.1 Å². The van der Waals surface area contributed by atoms with Crippen LogP contribution in [-0.2, 0) is 22.7 Å². The second kappa shape index (κ2) is 8.08. The van der Waals surface area contributed by atoms with Gasteiger partial charge >= 0.3 is 5.97 Å². The SMILES string of the molecule is O=C(OCc1cnn(-c2ccccc2)c1)c1ccc(CN2CCCC2=O)cc1. The maximum absolute atomic E-state index is 12.3. The van der Waals surface area contributed by atoms with Gasteiger partial charge in [0.05, 0.1) is 17.4 Å². The lowest BCUT2D eigenvalue weighted by Gasteiger charge is -2.15. The molecule has 3 aromatic rings. The van der Waals surface area contributed by atoms with E-state index in [4.69, 9.17) is 4.74 Å². The molecule has 1 aromatic heterocycles. The van der Waals surface area contributed by atoms with Crippen molar-refractivity contribution in [2.24, 2.45) is 0 Å². The Balaban J connectivity index is 1.32. The summed E-state index contributed by atoms with van der Waals surface area (Å²) >= 11 is 0. The van der Waals surface area contributed by atoms with Crippen LogP contribution < -0.4 is 0 Å². The number of carbonyl (C=O) groups excluding carboxylic acids is 2. The zero-order valence-electron chi connectivity index (χ0n) is 15.5. The molecule has 2 aromatic carbocycles. The Morgan fingerprint density at radius 1 is 1.04 bits per heavy atom.